The van der Waals surface area contributed by atoms with Crippen molar-refractivity contribution < 1.29 is 9.90 Å². The van der Waals surface area contributed by atoms with Crippen LogP contribution in [-0.2, 0) is 11.2 Å². The van der Waals surface area contributed by atoms with Crippen LogP contribution in [0.4, 0.5) is 0 Å². The Morgan fingerprint density at radius 1 is 1.53 bits per heavy atom. The molecule has 88 valence electrons. The molecule has 0 unspecified atom stereocenters. The fraction of sp³-hybridized carbons (Fsp3) is 0.385. The number of carboxylic acids is 1. The Balaban J connectivity index is 2.08. The summed E-state index contributed by atoms with van der Waals surface area (Å²) < 4.78 is 2.26. The smallest absolute Gasteiger partial charge is 0.307 e. The second-order valence-electron chi connectivity index (χ2n) is 4.65. The molecule has 2 aromatic rings. The maximum atomic E-state index is 10.7. The van der Waals surface area contributed by atoms with Gasteiger partial charge in [0, 0.05) is 6.04 Å². The van der Waals surface area contributed by atoms with Crippen LogP contribution in [0.15, 0.2) is 18.2 Å². The molecule has 0 bridgehead atoms. The van der Waals surface area contributed by atoms with Crippen LogP contribution in [0.2, 0.25) is 0 Å². The summed E-state index contributed by atoms with van der Waals surface area (Å²) in [6, 6.07) is 6.36. The highest BCUT2D eigenvalue weighted by Gasteiger charge is 2.26. The van der Waals surface area contributed by atoms with Gasteiger partial charge in [-0.2, -0.15) is 0 Å². The van der Waals surface area contributed by atoms with Gasteiger partial charge in [-0.25, -0.2) is 4.98 Å². The van der Waals surface area contributed by atoms with Crippen LogP contribution in [0, 0.1) is 6.92 Å². The Labute approximate surface area is 98.9 Å². The zero-order chi connectivity index (χ0) is 12.0. The first-order valence-corrected chi connectivity index (χ1v) is 5.84. The van der Waals surface area contributed by atoms with E-state index in [1.54, 1.807) is 0 Å². The van der Waals surface area contributed by atoms with E-state index < -0.39 is 5.97 Å². The number of imidazole rings is 1. The number of carbonyl (C=O) groups is 1. The van der Waals surface area contributed by atoms with Crippen molar-refractivity contribution in [2.75, 3.05) is 0 Å². The Kier molecular flexibility index (Phi) is 2.18. The largest absolute Gasteiger partial charge is 0.481 e. The Bertz CT molecular complexity index is 597. The Morgan fingerprint density at radius 2 is 2.29 bits per heavy atom. The quantitative estimate of drug-likeness (QED) is 0.880. The van der Waals surface area contributed by atoms with Crippen LogP contribution in [0.25, 0.3) is 11.0 Å². The highest BCUT2D eigenvalue weighted by atomic mass is 16.4. The summed E-state index contributed by atoms with van der Waals surface area (Å²) in [6.45, 7) is 2.01. The average Bonchev–Trinajstić information content (AvgIpc) is 3.00. The summed E-state index contributed by atoms with van der Waals surface area (Å²) in [4.78, 5) is 15.2. The number of rotatable bonds is 3. The first-order chi connectivity index (χ1) is 8.15. The van der Waals surface area contributed by atoms with E-state index in [9.17, 15) is 4.79 Å². The number of nitrogens with zero attached hydrogens (tertiary/aromatic N) is 2. The van der Waals surface area contributed by atoms with Crippen molar-refractivity contribution in [3.8, 4) is 0 Å². The molecule has 4 heteroatoms. The van der Waals surface area contributed by atoms with Gasteiger partial charge in [-0.1, -0.05) is 6.07 Å². The maximum Gasteiger partial charge on any atom is 0.307 e. The van der Waals surface area contributed by atoms with Crippen LogP contribution in [0.5, 0.6) is 0 Å². The summed E-state index contributed by atoms with van der Waals surface area (Å²) in [5.74, 6) is 0.220. The monoisotopic (exact) mass is 230 g/mol. The van der Waals surface area contributed by atoms with Gasteiger partial charge in [0.1, 0.15) is 5.82 Å². The number of fused-ring (bicyclic) bond motifs is 1. The normalized spacial score (nSPS) is 15.4. The van der Waals surface area contributed by atoms with Crippen LogP contribution >= 0.6 is 0 Å². The number of benzene rings is 1. The van der Waals surface area contributed by atoms with Crippen molar-refractivity contribution in [2.24, 2.45) is 0 Å². The first-order valence-electron chi connectivity index (χ1n) is 5.84. The molecule has 1 N–H and O–H groups in total. The van der Waals surface area contributed by atoms with Crippen molar-refractivity contribution in [1.29, 1.82) is 0 Å². The van der Waals surface area contributed by atoms with E-state index in [0.717, 1.165) is 22.4 Å². The number of carboxylic acid groups (broad SMARTS) is 1. The van der Waals surface area contributed by atoms with Crippen molar-refractivity contribution in [3.05, 3.63) is 29.6 Å². The predicted octanol–water partition coefficient (Wildman–Crippen LogP) is 2.31. The number of aliphatic carboxylic acids is 1. The van der Waals surface area contributed by atoms with Crippen molar-refractivity contribution in [1.82, 2.24) is 9.55 Å². The molecule has 1 aliphatic rings. The molecule has 0 radical (unpaired) electrons. The van der Waals surface area contributed by atoms with E-state index in [1.807, 2.05) is 25.1 Å². The standard InChI is InChI=1S/C13H14N2O2/c1-8-14-11-6-9(7-13(16)17)2-5-12(11)15(8)10-3-4-10/h2,5-6,10H,3-4,7H2,1H3,(H,16,17). The van der Waals surface area contributed by atoms with Crippen LogP contribution < -0.4 is 0 Å². The topological polar surface area (TPSA) is 55.1 Å². The third-order valence-electron chi connectivity index (χ3n) is 3.20. The third-order valence-corrected chi connectivity index (χ3v) is 3.20. The Hall–Kier alpha value is -1.84. The molecule has 1 aliphatic carbocycles. The fourth-order valence-electron chi connectivity index (χ4n) is 2.34. The molecule has 1 heterocycles. The van der Waals surface area contributed by atoms with Crippen LogP contribution in [0.1, 0.15) is 30.3 Å². The molecule has 0 amide bonds. The summed E-state index contributed by atoms with van der Waals surface area (Å²) >= 11 is 0. The highest BCUT2D eigenvalue weighted by molar-refractivity contribution is 5.79. The minimum absolute atomic E-state index is 0.0608. The van der Waals surface area contributed by atoms with Gasteiger partial charge in [0.15, 0.2) is 0 Å². The number of hydrogen-bond acceptors (Lipinski definition) is 2. The van der Waals surface area contributed by atoms with E-state index in [4.69, 9.17) is 5.11 Å². The van der Waals surface area contributed by atoms with Crippen LogP contribution in [0.3, 0.4) is 0 Å². The predicted molar refractivity (Wildman–Crippen MR) is 64.1 cm³/mol. The van der Waals surface area contributed by atoms with Gasteiger partial charge in [-0.3, -0.25) is 4.79 Å². The van der Waals surface area contributed by atoms with Gasteiger partial charge < -0.3 is 9.67 Å². The van der Waals surface area contributed by atoms with Gasteiger partial charge in [0.25, 0.3) is 0 Å². The van der Waals surface area contributed by atoms with E-state index in [2.05, 4.69) is 9.55 Å². The average molecular weight is 230 g/mol. The molecular formula is C13H14N2O2. The highest BCUT2D eigenvalue weighted by Crippen LogP contribution is 2.38. The van der Waals surface area contributed by atoms with Crippen molar-refractivity contribution >= 4 is 17.0 Å². The maximum absolute atomic E-state index is 10.7. The van der Waals surface area contributed by atoms with Gasteiger partial charge in [0.2, 0.25) is 0 Å². The molecular weight excluding hydrogens is 216 g/mol. The summed E-state index contributed by atoms with van der Waals surface area (Å²) in [7, 11) is 0. The third kappa shape index (κ3) is 1.79. The molecule has 17 heavy (non-hydrogen) atoms. The van der Waals surface area contributed by atoms with Gasteiger partial charge in [-0.05, 0) is 37.5 Å². The fourth-order valence-corrected chi connectivity index (χ4v) is 2.34. The SMILES string of the molecule is Cc1nc2cc(CC(=O)O)ccc2n1C1CC1. The van der Waals surface area contributed by atoms with Crippen molar-refractivity contribution in [3.63, 3.8) is 0 Å². The molecule has 1 fully saturated rings. The molecule has 0 atom stereocenters. The minimum Gasteiger partial charge on any atom is -0.481 e. The van der Waals surface area contributed by atoms with Gasteiger partial charge in [0.05, 0.1) is 17.5 Å². The molecule has 0 aliphatic heterocycles. The number of aromatic nitrogens is 2. The summed E-state index contributed by atoms with van der Waals surface area (Å²) in [5.41, 5.74) is 2.85. The molecule has 1 aromatic heterocycles. The lowest BCUT2D eigenvalue weighted by Crippen LogP contribution is -2.00. The zero-order valence-corrected chi connectivity index (χ0v) is 9.68. The van der Waals surface area contributed by atoms with E-state index in [0.29, 0.717) is 6.04 Å². The number of aryl methyl sites for hydroxylation is 1. The summed E-state index contributed by atoms with van der Waals surface area (Å²) in [6.07, 6.45) is 2.51. The minimum atomic E-state index is -0.803. The molecule has 3 rings (SSSR count). The second-order valence-corrected chi connectivity index (χ2v) is 4.65. The molecule has 4 nitrogen and oxygen atoms in total. The van der Waals surface area contributed by atoms with Gasteiger partial charge in [-0.15, -0.1) is 0 Å². The zero-order valence-electron chi connectivity index (χ0n) is 9.68. The lowest BCUT2D eigenvalue weighted by molar-refractivity contribution is -0.136. The van der Waals surface area contributed by atoms with Crippen molar-refractivity contribution in [2.45, 2.75) is 32.2 Å². The molecule has 0 spiro atoms. The van der Waals surface area contributed by atoms with E-state index in [-0.39, 0.29) is 6.42 Å². The first kappa shape index (κ1) is 10.3. The van der Waals surface area contributed by atoms with Gasteiger partial charge >= 0.3 is 5.97 Å². The lowest BCUT2D eigenvalue weighted by atomic mass is 10.1. The molecule has 1 aromatic carbocycles. The van der Waals surface area contributed by atoms with E-state index >= 15 is 0 Å². The summed E-state index contributed by atoms with van der Waals surface area (Å²) in [5, 5.41) is 8.77. The Morgan fingerprint density at radius 3 is 2.94 bits per heavy atom. The molecule has 1 saturated carbocycles. The molecule has 0 saturated heterocycles. The number of hydrogen-bond donors (Lipinski definition) is 1. The lowest BCUT2D eigenvalue weighted by Gasteiger charge is -2.04. The van der Waals surface area contributed by atoms with E-state index in [1.165, 1.54) is 12.8 Å². The second kappa shape index (κ2) is 3.58. The van der Waals surface area contributed by atoms with Crippen LogP contribution in [-0.4, -0.2) is 20.6 Å².